The van der Waals surface area contributed by atoms with Gasteiger partial charge in [-0.2, -0.15) is 0 Å². The Hall–Kier alpha value is -2.54. The molecule has 0 aliphatic carbocycles. The number of hydrogen-bond donors (Lipinski definition) is 1. The van der Waals surface area contributed by atoms with Gasteiger partial charge in [-0.25, -0.2) is 9.97 Å². The second-order valence-electron chi connectivity index (χ2n) is 5.88. The van der Waals surface area contributed by atoms with Crippen molar-refractivity contribution in [3.8, 4) is 5.75 Å². The van der Waals surface area contributed by atoms with Gasteiger partial charge in [-0.05, 0) is 18.2 Å². The van der Waals surface area contributed by atoms with Gasteiger partial charge in [0.2, 0.25) is 5.95 Å². The minimum atomic E-state index is 0.620. The number of aliphatic imine (C=N–C) groups is 1. The van der Waals surface area contributed by atoms with Crippen LogP contribution < -0.4 is 15.0 Å². The molecule has 1 fully saturated rings. The van der Waals surface area contributed by atoms with Crippen molar-refractivity contribution >= 4 is 23.5 Å². The Morgan fingerprint density at radius 3 is 2.62 bits per heavy atom. The van der Waals surface area contributed by atoms with Crippen molar-refractivity contribution in [2.24, 2.45) is 4.99 Å². The lowest BCUT2D eigenvalue weighted by Crippen LogP contribution is -2.52. The van der Waals surface area contributed by atoms with Gasteiger partial charge in [0.1, 0.15) is 5.75 Å². The maximum Gasteiger partial charge on any atom is 0.225 e. The van der Waals surface area contributed by atoms with E-state index in [9.17, 15) is 0 Å². The molecule has 138 valence electrons. The molecule has 8 heteroatoms. The zero-order chi connectivity index (χ0) is 18.4. The monoisotopic (exact) mass is 374 g/mol. The van der Waals surface area contributed by atoms with E-state index >= 15 is 0 Å². The molecule has 0 bridgehead atoms. The molecule has 0 radical (unpaired) electrons. The molecule has 2 aromatic rings. The summed E-state index contributed by atoms with van der Waals surface area (Å²) in [5.41, 5.74) is 1.04. The number of guanidine groups is 1. The summed E-state index contributed by atoms with van der Waals surface area (Å²) in [5, 5.41) is 4.07. The van der Waals surface area contributed by atoms with Gasteiger partial charge in [0.05, 0.1) is 7.11 Å². The highest BCUT2D eigenvalue weighted by Gasteiger charge is 2.21. The van der Waals surface area contributed by atoms with Crippen molar-refractivity contribution in [3.05, 3.63) is 47.2 Å². The molecule has 0 spiro atoms. The highest BCUT2D eigenvalue weighted by atomic mass is 35.5. The third-order valence-corrected chi connectivity index (χ3v) is 4.55. The van der Waals surface area contributed by atoms with Gasteiger partial charge in [0.15, 0.2) is 5.96 Å². The lowest BCUT2D eigenvalue weighted by Gasteiger charge is -2.36. The normalized spacial score (nSPS) is 15.1. The fourth-order valence-electron chi connectivity index (χ4n) is 2.94. The zero-order valence-corrected chi connectivity index (χ0v) is 15.8. The average Bonchev–Trinajstić information content (AvgIpc) is 2.70. The molecule has 0 unspecified atom stereocenters. The number of nitrogens with one attached hydrogen (secondary N) is 1. The fraction of sp³-hybridized carbons (Fsp3) is 0.389. The van der Waals surface area contributed by atoms with Crippen molar-refractivity contribution in [2.75, 3.05) is 45.2 Å². The smallest absolute Gasteiger partial charge is 0.225 e. The van der Waals surface area contributed by atoms with Crippen molar-refractivity contribution < 1.29 is 4.74 Å². The topological polar surface area (TPSA) is 65.9 Å². The van der Waals surface area contributed by atoms with Crippen LogP contribution in [0.1, 0.15) is 5.56 Å². The number of halogens is 1. The third-order valence-electron chi connectivity index (χ3n) is 4.31. The van der Waals surface area contributed by atoms with E-state index in [0.717, 1.165) is 49.4 Å². The first-order chi connectivity index (χ1) is 12.7. The fourth-order valence-corrected chi connectivity index (χ4v) is 3.11. The average molecular weight is 375 g/mol. The van der Waals surface area contributed by atoms with Crippen LogP contribution in [0.3, 0.4) is 0 Å². The molecule has 1 N–H and O–H groups in total. The second-order valence-corrected chi connectivity index (χ2v) is 6.32. The molecule has 0 amide bonds. The number of piperazine rings is 1. The van der Waals surface area contributed by atoms with Crippen LogP contribution in [0.15, 0.2) is 41.7 Å². The number of benzene rings is 1. The highest BCUT2D eigenvalue weighted by Crippen LogP contribution is 2.23. The molecule has 1 saturated heterocycles. The van der Waals surface area contributed by atoms with Crippen LogP contribution in [-0.2, 0) is 6.54 Å². The van der Waals surface area contributed by atoms with Gasteiger partial charge in [0, 0.05) is 62.8 Å². The number of nitrogens with zero attached hydrogens (tertiary/aromatic N) is 5. The Kier molecular flexibility index (Phi) is 6.12. The van der Waals surface area contributed by atoms with E-state index in [4.69, 9.17) is 16.3 Å². The summed E-state index contributed by atoms with van der Waals surface area (Å²) in [6.07, 6.45) is 3.55. The largest absolute Gasteiger partial charge is 0.496 e. The first kappa shape index (κ1) is 18.3. The number of anilines is 1. The Morgan fingerprint density at radius 1 is 1.23 bits per heavy atom. The standard InChI is InChI=1S/C18H23ClN6O/c1-20-17(23-13-14-4-5-15(19)12-16(14)26-2)24-8-10-25(11-9-24)18-21-6-3-7-22-18/h3-7,12H,8-11,13H2,1-2H3,(H,20,23). The van der Waals surface area contributed by atoms with E-state index in [1.165, 1.54) is 0 Å². The lowest BCUT2D eigenvalue weighted by atomic mass is 10.2. The maximum atomic E-state index is 6.02. The molecular formula is C18H23ClN6O. The van der Waals surface area contributed by atoms with E-state index in [-0.39, 0.29) is 0 Å². The maximum absolute atomic E-state index is 6.02. The van der Waals surface area contributed by atoms with Crippen LogP contribution in [0.25, 0.3) is 0 Å². The number of methoxy groups -OCH3 is 1. The van der Waals surface area contributed by atoms with E-state index in [1.54, 1.807) is 26.6 Å². The summed E-state index contributed by atoms with van der Waals surface area (Å²) in [4.78, 5) is 17.5. The number of rotatable bonds is 4. The number of ether oxygens (including phenoxy) is 1. The minimum absolute atomic E-state index is 0.620. The van der Waals surface area contributed by atoms with Crippen LogP contribution in [0.2, 0.25) is 5.02 Å². The molecule has 2 heterocycles. The predicted octanol–water partition coefficient (Wildman–Crippen LogP) is 2.04. The molecule has 3 rings (SSSR count). The first-order valence-corrected chi connectivity index (χ1v) is 8.89. The Morgan fingerprint density at radius 2 is 1.96 bits per heavy atom. The van der Waals surface area contributed by atoms with Crippen LogP contribution in [0, 0.1) is 0 Å². The second kappa shape index (κ2) is 8.71. The third kappa shape index (κ3) is 4.35. The quantitative estimate of drug-likeness (QED) is 0.652. The number of aromatic nitrogens is 2. The van der Waals surface area contributed by atoms with Gasteiger partial charge >= 0.3 is 0 Å². The summed E-state index contributed by atoms with van der Waals surface area (Å²) in [6.45, 7) is 4.05. The summed E-state index contributed by atoms with van der Waals surface area (Å²) in [7, 11) is 3.45. The minimum Gasteiger partial charge on any atom is -0.496 e. The molecule has 26 heavy (non-hydrogen) atoms. The predicted molar refractivity (Wildman–Crippen MR) is 104 cm³/mol. The van der Waals surface area contributed by atoms with Crippen molar-refractivity contribution in [1.29, 1.82) is 0 Å². The first-order valence-electron chi connectivity index (χ1n) is 8.51. The summed E-state index contributed by atoms with van der Waals surface area (Å²) >= 11 is 6.02. The SMILES string of the molecule is CN=C(NCc1ccc(Cl)cc1OC)N1CCN(c2ncccn2)CC1. The van der Waals surface area contributed by atoms with Crippen LogP contribution >= 0.6 is 11.6 Å². The zero-order valence-electron chi connectivity index (χ0n) is 15.0. The highest BCUT2D eigenvalue weighted by molar-refractivity contribution is 6.30. The Bertz CT molecular complexity index is 747. The Balaban J connectivity index is 1.57. The molecule has 1 aliphatic heterocycles. The molecule has 7 nitrogen and oxygen atoms in total. The molecule has 1 aromatic heterocycles. The molecule has 1 aliphatic rings. The van der Waals surface area contributed by atoms with Gasteiger partial charge in [-0.15, -0.1) is 0 Å². The van der Waals surface area contributed by atoms with Crippen LogP contribution in [0.5, 0.6) is 5.75 Å². The molecule has 1 aromatic carbocycles. The molecule has 0 atom stereocenters. The van der Waals surface area contributed by atoms with Gasteiger partial charge in [-0.3, -0.25) is 4.99 Å². The molecule has 0 saturated carbocycles. The summed E-state index contributed by atoms with van der Waals surface area (Å²) < 4.78 is 5.40. The van der Waals surface area contributed by atoms with E-state index in [2.05, 4.69) is 30.1 Å². The van der Waals surface area contributed by atoms with Gasteiger partial charge in [0.25, 0.3) is 0 Å². The lowest BCUT2D eigenvalue weighted by molar-refractivity contribution is 0.369. The Labute approximate surface area is 158 Å². The number of hydrogen-bond acceptors (Lipinski definition) is 5. The summed E-state index contributed by atoms with van der Waals surface area (Å²) in [5.74, 6) is 2.42. The van der Waals surface area contributed by atoms with Crippen LogP contribution in [-0.4, -0.2) is 61.2 Å². The summed E-state index contributed by atoms with van der Waals surface area (Å²) in [6, 6.07) is 7.48. The van der Waals surface area contributed by atoms with Crippen molar-refractivity contribution in [3.63, 3.8) is 0 Å². The van der Waals surface area contributed by atoms with E-state index < -0.39 is 0 Å². The van der Waals surface area contributed by atoms with Crippen molar-refractivity contribution in [1.82, 2.24) is 20.2 Å². The van der Waals surface area contributed by atoms with Crippen LogP contribution in [0.4, 0.5) is 5.95 Å². The van der Waals surface area contributed by atoms with Gasteiger partial charge < -0.3 is 19.9 Å². The van der Waals surface area contributed by atoms with E-state index in [1.807, 2.05) is 24.3 Å². The molecular weight excluding hydrogens is 352 g/mol. The van der Waals surface area contributed by atoms with Gasteiger partial charge in [-0.1, -0.05) is 17.7 Å². The van der Waals surface area contributed by atoms with Crippen molar-refractivity contribution in [2.45, 2.75) is 6.54 Å². The van der Waals surface area contributed by atoms with E-state index in [0.29, 0.717) is 11.6 Å².